The Morgan fingerprint density at radius 1 is 1.10 bits per heavy atom. The number of nitrogens with zero attached hydrogens (tertiary/aromatic N) is 1. The molecule has 0 aliphatic carbocycles. The first-order chi connectivity index (χ1) is 14.2. The van der Waals surface area contributed by atoms with Gasteiger partial charge in [0.1, 0.15) is 0 Å². The summed E-state index contributed by atoms with van der Waals surface area (Å²) >= 11 is 0. The molecule has 0 saturated heterocycles. The molecule has 1 aromatic carbocycles. The standard InChI is InChI=1S/C21H27N3O5S/c1-15(2)11-19(24-21(26)18-10-9-16(3)22-12-18)20(25)13-23-30(27,28)29-14-17-7-5-4-6-8-17/h4-10,12,15,19,23H,11,13-14H2,1-3H3,(H,24,26)/t19-/m0/s1. The Bertz CT molecular complexity index is 944. The van der Waals surface area contributed by atoms with Crippen LogP contribution < -0.4 is 10.0 Å². The fourth-order valence-corrected chi connectivity index (χ4v) is 3.32. The summed E-state index contributed by atoms with van der Waals surface area (Å²) in [6.07, 6.45) is 1.80. The molecule has 0 unspecified atom stereocenters. The van der Waals surface area contributed by atoms with Crippen molar-refractivity contribution in [2.45, 2.75) is 39.8 Å². The van der Waals surface area contributed by atoms with E-state index in [4.69, 9.17) is 4.18 Å². The van der Waals surface area contributed by atoms with Crippen LogP contribution in [0.1, 0.15) is 41.9 Å². The Kier molecular flexibility index (Phi) is 8.64. The fourth-order valence-electron chi connectivity index (χ4n) is 2.63. The molecular formula is C21H27N3O5S. The number of benzene rings is 1. The van der Waals surface area contributed by atoms with Gasteiger partial charge in [0.15, 0.2) is 5.78 Å². The molecule has 9 heteroatoms. The minimum absolute atomic E-state index is 0.112. The van der Waals surface area contributed by atoms with Crippen LogP contribution in [0.2, 0.25) is 0 Å². The van der Waals surface area contributed by atoms with Crippen LogP contribution >= 0.6 is 0 Å². The number of nitrogens with one attached hydrogen (secondary N) is 2. The van der Waals surface area contributed by atoms with Crippen molar-refractivity contribution in [2.24, 2.45) is 5.92 Å². The van der Waals surface area contributed by atoms with Gasteiger partial charge in [-0.2, -0.15) is 13.1 Å². The maximum absolute atomic E-state index is 12.6. The van der Waals surface area contributed by atoms with Crippen molar-refractivity contribution >= 4 is 22.0 Å². The zero-order valence-corrected chi connectivity index (χ0v) is 18.1. The largest absolute Gasteiger partial charge is 0.342 e. The van der Waals surface area contributed by atoms with E-state index < -0.39 is 34.6 Å². The molecule has 8 nitrogen and oxygen atoms in total. The van der Waals surface area contributed by atoms with Crippen molar-refractivity contribution in [1.82, 2.24) is 15.0 Å². The Labute approximate surface area is 177 Å². The SMILES string of the molecule is Cc1ccc(C(=O)N[C@@H](CC(C)C)C(=O)CNS(=O)(=O)OCc2ccccc2)cn1. The predicted molar refractivity (Wildman–Crippen MR) is 113 cm³/mol. The number of carbonyl (C=O) groups is 2. The normalized spacial score (nSPS) is 12.5. The molecule has 0 bridgehead atoms. The highest BCUT2D eigenvalue weighted by atomic mass is 32.2. The topological polar surface area (TPSA) is 114 Å². The summed E-state index contributed by atoms with van der Waals surface area (Å²) in [6.45, 7) is 5.00. The molecule has 2 N–H and O–H groups in total. The molecule has 1 atom stereocenters. The van der Waals surface area contributed by atoms with Gasteiger partial charge in [-0.25, -0.2) is 0 Å². The van der Waals surface area contributed by atoms with Crippen LogP contribution in [0.3, 0.4) is 0 Å². The Hall–Kier alpha value is -2.62. The number of rotatable bonds is 11. The summed E-state index contributed by atoms with van der Waals surface area (Å²) in [6, 6.07) is 11.3. The highest BCUT2D eigenvalue weighted by Gasteiger charge is 2.24. The smallest absolute Gasteiger partial charge is 0.336 e. The zero-order chi connectivity index (χ0) is 22.1. The molecule has 0 radical (unpaired) electrons. The number of carbonyl (C=O) groups excluding carboxylic acids is 2. The minimum Gasteiger partial charge on any atom is -0.342 e. The molecular weight excluding hydrogens is 406 g/mol. The number of hydrogen-bond acceptors (Lipinski definition) is 6. The maximum atomic E-state index is 12.6. The minimum atomic E-state index is -4.12. The lowest BCUT2D eigenvalue weighted by Crippen LogP contribution is -2.46. The molecule has 0 saturated carbocycles. The summed E-state index contributed by atoms with van der Waals surface area (Å²) < 4.78 is 31.1. The summed E-state index contributed by atoms with van der Waals surface area (Å²) in [7, 11) is -4.12. The van der Waals surface area contributed by atoms with Gasteiger partial charge in [0.05, 0.1) is 24.8 Å². The third-order valence-corrected chi connectivity index (χ3v) is 5.15. The Morgan fingerprint density at radius 2 is 1.80 bits per heavy atom. The van der Waals surface area contributed by atoms with Crippen molar-refractivity contribution in [1.29, 1.82) is 0 Å². The van der Waals surface area contributed by atoms with E-state index in [2.05, 4.69) is 15.0 Å². The third-order valence-electron chi connectivity index (χ3n) is 4.22. The number of ketones is 1. The van der Waals surface area contributed by atoms with Crippen molar-refractivity contribution in [3.63, 3.8) is 0 Å². The van der Waals surface area contributed by atoms with E-state index in [0.717, 1.165) is 5.69 Å². The second kappa shape index (κ2) is 11.0. The van der Waals surface area contributed by atoms with Gasteiger partial charge < -0.3 is 5.32 Å². The molecule has 30 heavy (non-hydrogen) atoms. The lowest BCUT2D eigenvalue weighted by molar-refractivity contribution is -0.120. The molecule has 1 heterocycles. The van der Waals surface area contributed by atoms with Gasteiger partial charge in [0, 0.05) is 11.9 Å². The number of hydrogen-bond donors (Lipinski definition) is 2. The van der Waals surface area contributed by atoms with Crippen LogP contribution in [0, 0.1) is 12.8 Å². The van der Waals surface area contributed by atoms with Crippen molar-refractivity contribution in [3.05, 3.63) is 65.5 Å². The molecule has 0 aliphatic rings. The van der Waals surface area contributed by atoms with E-state index in [0.29, 0.717) is 17.5 Å². The number of amides is 1. The maximum Gasteiger partial charge on any atom is 0.336 e. The number of Topliss-reactive ketones (excluding diaryl/α,β-unsaturated/α-hetero) is 1. The van der Waals surface area contributed by atoms with E-state index in [-0.39, 0.29) is 12.5 Å². The average Bonchev–Trinajstić information content (AvgIpc) is 2.71. The van der Waals surface area contributed by atoms with Crippen molar-refractivity contribution < 1.29 is 22.2 Å². The van der Waals surface area contributed by atoms with E-state index in [1.54, 1.807) is 43.3 Å². The van der Waals surface area contributed by atoms with Crippen LogP contribution in [0.15, 0.2) is 48.7 Å². The summed E-state index contributed by atoms with van der Waals surface area (Å²) in [5.74, 6) is -0.782. The molecule has 2 rings (SSSR count). The lowest BCUT2D eigenvalue weighted by Gasteiger charge is -2.20. The first-order valence-corrected chi connectivity index (χ1v) is 11.0. The van der Waals surface area contributed by atoms with Crippen LogP contribution in [-0.2, 0) is 25.9 Å². The van der Waals surface area contributed by atoms with Crippen LogP contribution in [-0.4, -0.2) is 37.7 Å². The molecule has 2 aromatic rings. The van der Waals surface area contributed by atoms with Crippen LogP contribution in [0.5, 0.6) is 0 Å². The van der Waals surface area contributed by atoms with Gasteiger partial charge in [-0.1, -0.05) is 44.2 Å². The molecule has 1 amide bonds. The van der Waals surface area contributed by atoms with Gasteiger partial charge in [-0.3, -0.25) is 18.8 Å². The van der Waals surface area contributed by atoms with Gasteiger partial charge >= 0.3 is 10.3 Å². The first kappa shape index (κ1) is 23.7. The molecule has 0 aliphatic heterocycles. The second-order valence-electron chi connectivity index (χ2n) is 7.33. The Balaban J connectivity index is 1.95. The quantitative estimate of drug-likeness (QED) is 0.561. The summed E-state index contributed by atoms with van der Waals surface area (Å²) in [5, 5.41) is 2.67. The monoisotopic (exact) mass is 433 g/mol. The summed E-state index contributed by atoms with van der Waals surface area (Å²) in [5.41, 5.74) is 1.78. The van der Waals surface area contributed by atoms with E-state index >= 15 is 0 Å². The van der Waals surface area contributed by atoms with Crippen LogP contribution in [0.4, 0.5) is 0 Å². The van der Waals surface area contributed by atoms with Crippen molar-refractivity contribution in [2.75, 3.05) is 6.54 Å². The van der Waals surface area contributed by atoms with E-state index in [9.17, 15) is 18.0 Å². The third kappa shape index (κ3) is 8.02. The molecule has 0 spiro atoms. The van der Waals surface area contributed by atoms with E-state index in [1.165, 1.54) is 6.20 Å². The van der Waals surface area contributed by atoms with Gasteiger partial charge in [0.2, 0.25) is 0 Å². The Morgan fingerprint density at radius 3 is 2.40 bits per heavy atom. The average molecular weight is 434 g/mol. The number of aryl methyl sites for hydroxylation is 1. The highest BCUT2D eigenvalue weighted by molar-refractivity contribution is 7.84. The molecule has 162 valence electrons. The van der Waals surface area contributed by atoms with Crippen LogP contribution in [0.25, 0.3) is 0 Å². The summed E-state index contributed by atoms with van der Waals surface area (Å²) in [4.78, 5) is 29.1. The number of pyridine rings is 1. The highest BCUT2D eigenvalue weighted by Crippen LogP contribution is 2.08. The second-order valence-corrected chi connectivity index (χ2v) is 8.77. The first-order valence-electron chi connectivity index (χ1n) is 9.60. The van der Waals surface area contributed by atoms with E-state index in [1.807, 2.05) is 19.9 Å². The fraction of sp³-hybridized carbons (Fsp3) is 0.381. The molecule has 0 fully saturated rings. The van der Waals surface area contributed by atoms with Gasteiger partial charge in [-0.15, -0.1) is 0 Å². The zero-order valence-electron chi connectivity index (χ0n) is 17.3. The van der Waals surface area contributed by atoms with Gasteiger partial charge in [0.25, 0.3) is 5.91 Å². The van der Waals surface area contributed by atoms with Crippen molar-refractivity contribution in [3.8, 4) is 0 Å². The molecule has 1 aromatic heterocycles. The predicted octanol–water partition coefficient (Wildman–Crippen LogP) is 2.15. The van der Waals surface area contributed by atoms with Gasteiger partial charge in [-0.05, 0) is 37.0 Å². The number of aromatic nitrogens is 1. The lowest BCUT2D eigenvalue weighted by atomic mass is 10.00.